The second-order valence-corrected chi connectivity index (χ2v) is 5.78. The fourth-order valence-corrected chi connectivity index (χ4v) is 3.45. The molecule has 21 heavy (non-hydrogen) atoms. The lowest BCUT2D eigenvalue weighted by Crippen LogP contribution is -2.41. The average molecular weight is 311 g/mol. The number of anilines is 1. The zero-order chi connectivity index (χ0) is 15.4. The van der Waals surface area contributed by atoms with Crippen molar-refractivity contribution in [3.8, 4) is 0 Å². The van der Waals surface area contributed by atoms with E-state index in [9.17, 15) is 4.79 Å². The predicted molar refractivity (Wildman–Crippen MR) is 86.9 cm³/mol. The van der Waals surface area contributed by atoms with Crippen LogP contribution in [-0.4, -0.2) is 28.9 Å². The minimum atomic E-state index is -0.269. The summed E-state index contributed by atoms with van der Waals surface area (Å²) in [6.07, 6.45) is 6.70. The molecule has 0 radical (unpaired) electrons. The Morgan fingerprint density at radius 2 is 2.38 bits per heavy atom. The van der Waals surface area contributed by atoms with Crippen molar-refractivity contribution in [1.82, 2.24) is 9.78 Å². The van der Waals surface area contributed by atoms with Crippen molar-refractivity contribution >= 4 is 17.3 Å². The van der Waals surface area contributed by atoms with Crippen LogP contribution in [0.25, 0.3) is 0 Å². The second-order valence-electron chi connectivity index (χ2n) is 5.40. The Morgan fingerprint density at radius 3 is 3.00 bits per heavy atom. The summed E-state index contributed by atoms with van der Waals surface area (Å²) in [5.74, 6) is 0.455. The van der Waals surface area contributed by atoms with E-state index in [1.807, 2.05) is 0 Å². The van der Waals surface area contributed by atoms with Crippen molar-refractivity contribution in [3.63, 3.8) is 0 Å². The normalized spacial score (nSPS) is 21.5. The van der Waals surface area contributed by atoms with Gasteiger partial charge in [0.05, 0.1) is 18.4 Å². The number of nitrogens with two attached hydrogens (primary N) is 1. The first kappa shape index (κ1) is 16.0. The first-order valence-electron chi connectivity index (χ1n) is 7.47. The molecule has 0 saturated heterocycles. The van der Waals surface area contributed by atoms with Crippen LogP contribution in [0.5, 0.6) is 0 Å². The Balaban J connectivity index is 2.36. The molecule has 0 aliphatic heterocycles. The monoisotopic (exact) mass is 310 g/mol. The Hall–Kier alpha value is -1.33. The summed E-state index contributed by atoms with van der Waals surface area (Å²) in [5.41, 5.74) is 6.32. The van der Waals surface area contributed by atoms with Gasteiger partial charge in [-0.05, 0) is 32.2 Å². The molecule has 1 fully saturated rings. The summed E-state index contributed by atoms with van der Waals surface area (Å²) in [6.45, 7) is 7.50. The quantitative estimate of drug-likeness (QED) is 0.817. The van der Waals surface area contributed by atoms with Gasteiger partial charge in [-0.3, -0.25) is 4.79 Å². The van der Waals surface area contributed by atoms with Gasteiger partial charge in [-0.2, -0.15) is 5.10 Å². The minimum absolute atomic E-state index is 0.233. The van der Waals surface area contributed by atoms with E-state index in [0.717, 1.165) is 25.1 Å². The maximum atomic E-state index is 12.2. The van der Waals surface area contributed by atoms with Crippen LogP contribution < -0.4 is 16.2 Å². The minimum Gasteiger partial charge on any atom is -0.366 e. The second kappa shape index (κ2) is 7.09. The van der Waals surface area contributed by atoms with E-state index in [0.29, 0.717) is 25.0 Å². The third-order valence-electron chi connectivity index (χ3n) is 4.24. The summed E-state index contributed by atoms with van der Waals surface area (Å²) in [5, 5.41) is 4.43. The summed E-state index contributed by atoms with van der Waals surface area (Å²) in [4.78, 5) is 14.4. The summed E-state index contributed by atoms with van der Waals surface area (Å²) >= 11 is 6.30. The van der Waals surface area contributed by atoms with Crippen LogP contribution in [0.15, 0.2) is 23.6 Å². The highest BCUT2D eigenvalue weighted by atomic mass is 35.5. The van der Waals surface area contributed by atoms with Gasteiger partial charge < -0.3 is 10.6 Å². The Bertz CT molecular complexity index is 557. The molecule has 2 N–H and O–H groups in total. The van der Waals surface area contributed by atoms with Crippen LogP contribution in [0.1, 0.15) is 26.2 Å². The van der Waals surface area contributed by atoms with E-state index in [1.54, 1.807) is 12.3 Å². The van der Waals surface area contributed by atoms with Crippen molar-refractivity contribution in [2.24, 2.45) is 11.7 Å². The molecule has 0 amide bonds. The Kier molecular flexibility index (Phi) is 5.42. The van der Waals surface area contributed by atoms with E-state index in [-0.39, 0.29) is 10.6 Å². The van der Waals surface area contributed by atoms with Gasteiger partial charge in [0.1, 0.15) is 5.02 Å². The molecule has 2 unspecified atom stereocenters. The van der Waals surface area contributed by atoms with E-state index in [2.05, 4.69) is 23.5 Å². The number of nitrogens with zero attached hydrogens (tertiary/aromatic N) is 3. The molecule has 0 spiro atoms. The highest BCUT2D eigenvalue weighted by Gasteiger charge is 2.32. The van der Waals surface area contributed by atoms with E-state index in [1.165, 1.54) is 11.1 Å². The third kappa shape index (κ3) is 3.14. The first-order chi connectivity index (χ1) is 10.1. The molecule has 1 heterocycles. The predicted octanol–water partition coefficient (Wildman–Crippen LogP) is 2.04. The molecule has 1 aromatic rings. The molecular formula is C15H23ClN4O. The molecule has 116 valence electrons. The molecule has 6 heteroatoms. The van der Waals surface area contributed by atoms with Gasteiger partial charge in [0.25, 0.3) is 5.56 Å². The van der Waals surface area contributed by atoms with Gasteiger partial charge >= 0.3 is 0 Å². The maximum absolute atomic E-state index is 12.2. The van der Waals surface area contributed by atoms with Crippen LogP contribution in [0.4, 0.5) is 5.69 Å². The fraction of sp³-hybridized carbons (Fsp3) is 0.600. The lowest BCUT2D eigenvalue weighted by atomic mass is 10.0. The van der Waals surface area contributed by atoms with E-state index in [4.69, 9.17) is 17.3 Å². The number of hydrogen-bond acceptors (Lipinski definition) is 4. The van der Waals surface area contributed by atoms with Crippen LogP contribution in [-0.2, 0) is 6.54 Å². The Labute approximate surface area is 130 Å². The van der Waals surface area contributed by atoms with Gasteiger partial charge in [0.2, 0.25) is 0 Å². The average Bonchev–Trinajstić information content (AvgIpc) is 2.95. The summed E-state index contributed by atoms with van der Waals surface area (Å²) < 4.78 is 1.32. The van der Waals surface area contributed by atoms with Crippen molar-refractivity contribution in [1.29, 1.82) is 0 Å². The maximum Gasteiger partial charge on any atom is 0.287 e. The molecule has 0 bridgehead atoms. The van der Waals surface area contributed by atoms with Gasteiger partial charge in [-0.15, -0.1) is 6.58 Å². The van der Waals surface area contributed by atoms with E-state index >= 15 is 0 Å². The molecular weight excluding hydrogens is 288 g/mol. The van der Waals surface area contributed by atoms with Crippen molar-refractivity contribution in [2.75, 3.05) is 18.0 Å². The van der Waals surface area contributed by atoms with Gasteiger partial charge in [-0.1, -0.05) is 24.1 Å². The Morgan fingerprint density at radius 1 is 1.62 bits per heavy atom. The number of allylic oxidation sites excluding steroid dienone is 1. The van der Waals surface area contributed by atoms with Crippen molar-refractivity contribution in [2.45, 2.75) is 38.8 Å². The highest BCUT2D eigenvalue weighted by Crippen LogP contribution is 2.34. The van der Waals surface area contributed by atoms with Crippen LogP contribution in [0, 0.1) is 5.92 Å². The lowest BCUT2D eigenvalue weighted by Gasteiger charge is -2.34. The summed E-state index contributed by atoms with van der Waals surface area (Å²) in [7, 11) is 0. The molecule has 2 atom stereocenters. The molecule has 1 aromatic heterocycles. The standard InChI is InChI=1S/C15H23ClN4O/c1-3-8-20-15(21)14(16)13(10-18-20)19(4-2)12-7-5-6-11(12)9-17/h3,10-12H,1,4-9,17H2,2H3. The summed E-state index contributed by atoms with van der Waals surface area (Å²) in [6, 6.07) is 0.342. The fourth-order valence-electron chi connectivity index (χ4n) is 3.19. The number of rotatable bonds is 6. The van der Waals surface area contributed by atoms with Gasteiger partial charge in [0.15, 0.2) is 0 Å². The first-order valence-corrected chi connectivity index (χ1v) is 7.85. The molecule has 1 aliphatic carbocycles. The number of aromatic nitrogens is 2. The van der Waals surface area contributed by atoms with Crippen LogP contribution in [0.3, 0.4) is 0 Å². The topological polar surface area (TPSA) is 64.2 Å². The van der Waals surface area contributed by atoms with Crippen LogP contribution >= 0.6 is 11.6 Å². The van der Waals surface area contributed by atoms with E-state index < -0.39 is 0 Å². The van der Waals surface area contributed by atoms with Gasteiger partial charge in [0, 0.05) is 12.6 Å². The third-order valence-corrected chi connectivity index (χ3v) is 4.60. The zero-order valence-corrected chi connectivity index (χ0v) is 13.2. The zero-order valence-electron chi connectivity index (χ0n) is 12.5. The SMILES string of the molecule is C=CCn1ncc(N(CC)C2CCCC2CN)c(Cl)c1=O. The van der Waals surface area contributed by atoms with Crippen molar-refractivity contribution in [3.05, 3.63) is 34.2 Å². The van der Waals surface area contributed by atoms with Gasteiger partial charge in [-0.25, -0.2) is 4.68 Å². The van der Waals surface area contributed by atoms with Crippen LogP contribution in [0.2, 0.25) is 5.02 Å². The van der Waals surface area contributed by atoms with Crippen molar-refractivity contribution < 1.29 is 0 Å². The lowest BCUT2D eigenvalue weighted by molar-refractivity contribution is 0.460. The molecule has 5 nitrogen and oxygen atoms in total. The molecule has 2 rings (SSSR count). The highest BCUT2D eigenvalue weighted by molar-refractivity contribution is 6.33. The molecule has 1 aliphatic rings. The molecule has 1 saturated carbocycles. The number of halogens is 1. The smallest absolute Gasteiger partial charge is 0.287 e. The largest absolute Gasteiger partial charge is 0.366 e. The molecule has 0 aromatic carbocycles. The number of hydrogen-bond donors (Lipinski definition) is 1.